The Balaban J connectivity index is 1.50. The van der Waals surface area contributed by atoms with Crippen molar-refractivity contribution in [1.82, 2.24) is 5.32 Å². The largest absolute Gasteiger partial charge is 0.480 e. The van der Waals surface area contributed by atoms with Gasteiger partial charge in [-0.05, 0) is 49.9 Å². The molecule has 0 aromatic heterocycles. The lowest BCUT2D eigenvalue weighted by Gasteiger charge is -2.08. The average molecular weight is 326 g/mol. The highest BCUT2D eigenvalue weighted by atomic mass is 16.5. The standard InChI is InChI=1S/C17H30N2O4/c18-15(16(20)21)9-5-6-10-19-17(22)23-11-14-12-7-3-1-2-4-8-13(12)14/h12-15H,1-11,18H2,(H,19,22)(H,20,21). The quantitative estimate of drug-likeness (QED) is 0.595. The summed E-state index contributed by atoms with van der Waals surface area (Å²) in [5.41, 5.74) is 5.41. The van der Waals surface area contributed by atoms with E-state index in [1.807, 2.05) is 0 Å². The number of unbranched alkanes of at least 4 members (excludes halogenated alkanes) is 1. The van der Waals surface area contributed by atoms with Gasteiger partial charge in [-0.2, -0.15) is 0 Å². The number of amides is 1. The fourth-order valence-electron chi connectivity index (χ4n) is 3.77. The third kappa shape index (κ3) is 6.01. The average Bonchev–Trinajstić information content (AvgIpc) is 3.14. The minimum absolute atomic E-state index is 0.355. The molecule has 132 valence electrons. The number of carboxylic acids is 1. The zero-order chi connectivity index (χ0) is 16.7. The molecule has 0 saturated heterocycles. The highest BCUT2D eigenvalue weighted by Crippen LogP contribution is 2.53. The lowest BCUT2D eigenvalue weighted by atomic mass is 10.0. The number of carbonyl (C=O) groups excluding carboxylic acids is 1. The Morgan fingerprint density at radius 2 is 1.78 bits per heavy atom. The summed E-state index contributed by atoms with van der Waals surface area (Å²) in [7, 11) is 0. The van der Waals surface area contributed by atoms with Gasteiger partial charge in [-0.15, -0.1) is 0 Å². The molecule has 0 aliphatic heterocycles. The summed E-state index contributed by atoms with van der Waals surface area (Å²) >= 11 is 0. The number of carbonyl (C=O) groups is 2. The van der Waals surface area contributed by atoms with Crippen LogP contribution in [0.25, 0.3) is 0 Å². The summed E-state index contributed by atoms with van der Waals surface area (Å²) in [5.74, 6) is 1.16. The second-order valence-electron chi connectivity index (χ2n) is 6.95. The molecule has 2 saturated carbocycles. The highest BCUT2D eigenvalue weighted by Gasteiger charge is 2.49. The molecule has 3 unspecified atom stereocenters. The minimum Gasteiger partial charge on any atom is -0.480 e. The molecule has 4 N–H and O–H groups in total. The molecule has 0 aromatic carbocycles. The van der Waals surface area contributed by atoms with Crippen LogP contribution >= 0.6 is 0 Å². The SMILES string of the molecule is NC(CCCCNC(=O)OCC1C2CCCCCCC21)C(=O)O. The van der Waals surface area contributed by atoms with Crippen LogP contribution < -0.4 is 11.1 Å². The lowest BCUT2D eigenvalue weighted by Crippen LogP contribution is -2.30. The molecule has 6 nitrogen and oxygen atoms in total. The molecule has 2 aliphatic rings. The Morgan fingerprint density at radius 3 is 2.39 bits per heavy atom. The summed E-state index contributed by atoms with van der Waals surface area (Å²) in [6.07, 6.45) is 9.40. The first-order valence-corrected chi connectivity index (χ1v) is 8.98. The number of rotatable bonds is 8. The number of nitrogens with one attached hydrogen (secondary N) is 1. The van der Waals surface area contributed by atoms with Gasteiger partial charge >= 0.3 is 12.1 Å². The van der Waals surface area contributed by atoms with Crippen LogP contribution in [-0.2, 0) is 9.53 Å². The molecular formula is C17H30N2O4. The molecule has 6 heteroatoms. The van der Waals surface area contributed by atoms with E-state index in [0.717, 1.165) is 11.8 Å². The number of hydrogen-bond donors (Lipinski definition) is 3. The van der Waals surface area contributed by atoms with Crippen LogP contribution in [0, 0.1) is 17.8 Å². The van der Waals surface area contributed by atoms with Gasteiger partial charge in [0.15, 0.2) is 0 Å². The van der Waals surface area contributed by atoms with Crippen LogP contribution in [-0.4, -0.2) is 36.4 Å². The minimum atomic E-state index is -0.977. The normalized spacial score (nSPS) is 28.0. The first-order chi connectivity index (χ1) is 11.1. The van der Waals surface area contributed by atoms with Gasteiger partial charge in [0.05, 0.1) is 6.61 Å². The topological polar surface area (TPSA) is 102 Å². The highest BCUT2D eigenvalue weighted by molar-refractivity contribution is 5.72. The van der Waals surface area contributed by atoms with Gasteiger partial charge in [0.1, 0.15) is 6.04 Å². The van der Waals surface area contributed by atoms with Crippen molar-refractivity contribution < 1.29 is 19.4 Å². The van der Waals surface area contributed by atoms with Gasteiger partial charge < -0.3 is 20.9 Å². The van der Waals surface area contributed by atoms with Gasteiger partial charge in [-0.25, -0.2) is 4.79 Å². The second kappa shape index (κ2) is 9.11. The number of hydrogen-bond acceptors (Lipinski definition) is 4. The second-order valence-corrected chi connectivity index (χ2v) is 6.95. The Morgan fingerprint density at radius 1 is 1.13 bits per heavy atom. The van der Waals surface area contributed by atoms with E-state index >= 15 is 0 Å². The van der Waals surface area contributed by atoms with Crippen LogP contribution in [0.5, 0.6) is 0 Å². The van der Waals surface area contributed by atoms with Crippen molar-refractivity contribution in [1.29, 1.82) is 0 Å². The van der Waals surface area contributed by atoms with E-state index in [2.05, 4.69) is 5.32 Å². The molecule has 0 heterocycles. The van der Waals surface area contributed by atoms with E-state index in [1.165, 1.54) is 38.5 Å². The van der Waals surface area contributed by atoms with Crippen molar-refractivity contribution in [2.45, 2.75) is 63.8 Å². The number of aliphatic carboxylic acids is 1. The van der Waals surface area contributed by atoms with Gasteiger partial charge in [0, 0.05) is 6.54 Å². The Hall–Kier alpha value is -1.30. The van der Waals surface area contributed by atoms with Crippen LogP contribution in [0.3, 0.4) is 0 Å². The van der Waals surface area contributed by atoms with Crippen molar-refractivity contribution in [3.63, 3.8) is 0 Å². The van der Waals surface area contributed by atoms with E-state index in [-0.39, 0.29) is 6.09 Å². The summed E-state index contributed by atoms with van der Waals surface area (Å²) < 4.78 is 5.34. The predicted octanol–water partition coefficient (Wildman–Crippen LogP) is 2.51. The maximum Gasteiger partial charge on any atom is 0.407 e. The van der Waals surface area contributed by atoms with E-state index in [1.54, 1.807) is 0 Å². The maximum atomic E-state index is 11.7. The number of fused-ring (bicyclic) bond motifs is 1. The van der Waals surface area contributed by atoms with Crippen LogP contribution in [0.1, 0.15) is 57.8 Å². The van der Waals surface area contributed by atoms with Gasteiger partial charge in [-0.1, -0.05) is 25.7 Å². The lowest BCUT2D eigenvalue weighted by molar-refractivity contribution is -0.138. The van der Waals surface area contributed by atoms with E-state index in [0.29, 0.717) is 38.3 Å². The van der Waals surface area contributed by atoms with Crippen molar-refractivity contribution in [3.8, 4) is 0 Å². The number of alkyl carbamates (subject to hydrolysis) is 1. The molecule has 1 amide bonds. The van der Waals surface area contributed by atoms with Gasteiger partial charge in [0.2, 0.25) is 0 Å². The predicted molar refractivity (Wildman–Crippen MR) is 87.0 cm³/mol. The maximum absolute atomic E-state index is 11.7. The monoisotopic (exact) mass is 326 g/mol. The first-order valence-electron chi connectivity index (χ1n) is 8.98. The van der Waals surface area contributed by atoms with Crippen molar-refractivity contribution in [2.24, 2.45) is 23.5 Å². The summed E-state index contributed by atoms with van der Waals surface area (Å²) in [5, 5.41) is 11.4. The summed E-state index contributed by atoms with van der Waals surface area (Å²) in [4.78, 5) is 22.2. The van der Waals surface area contributed by atoms with Gasteiger partial charge in [0.25, 0.3) is 0 Å². The molecular weight excluding hydrogens is 296 g/mol. The number of nitrogens with two attached hydrogens (primary N) is 1. The van der Waals surface area contributed by atoms with Crippen molar-refractivity contribution >= 4 is 12.1 Å². The fraction of sp³-hybridized carbons (Fsp3) is 0.882. The molecule has 0 radical (unpaired) electrons. The van der Waals surface area contributed by atoms with Crippen LogP contribution in [0.15, 0.2) is 0 Å². The molecule has 0 aromatic rings. The van der Waals surface area contributed by atoms with Crippen molar-refractivity contribution in [3.05, 3.63) is 0 Å². The Bertz CT molecular complexity index is 388. The number of ether oxygens (including phenoxy) is 1. The fourth-order valence-corrected chi connectivity index (χ4v) is 3.77. The smallest absolute Gasteiger partial charge is 0.407 e. The summed E-state index contributed by atoms with van der Waals surface area (Å²) in [6, 6.07) is -0.812. The molecule has 2 rings (SSSR count). The van der Waals surface area contributed by atoms with Gasteiger partial charge in [-0.3, -0.25) is 4.79 Å². The van der Waals surface area contributed by atoms with E-state index in [4.69, 9.17) is 15.6 Å². The van der Waals surface area contributed by atoms with Crippen molar-refractivity contribution in [2.75, 3.05) is 13.2 Å². The number of carboxylic acid groups (broad SMARTS) is 1. The van der Waals surface area contributed by atoms with E-state index in [9.17, 15) is 9.59 Å². The third-order valence-corrected chi connectivity index (χ3v) is 5.27. The zero-order valence-electron chi connectivity index (χ0n) is 13.8. The molecule has 3 atom stereocenters. The molecule has 2 fully saturated rings. The Labute approximate surface area is 138 Å². The van der Waals surface area contributed by atoms with E-state index < -0.39 is 12.0 Å². The molecule has 0 bridgehead atoms. The Kier molecular flexibility index (Phi) is 7.15. The van der Waals surface area contributed by atoms with Crippen LogP contribution in [0.4, 0.5) is 4.79 Å². The van der Waals surface area contributed by atoms with Crippen LogP contribution in [0.2, 0.25) is 0 Å². The third-order valence-electron chi connectivity index (χ3n) is 5.27. The molecule has 23 heavy (non-hydrogen) atoms. The summed E-state index contributed by atoms with van der Waals surface area (Å²) in [6.45, 7) is 1.05. The first kappa shape index (κ1) is 18.0. The molecule has 0 spiro atoms. The zero-order valence-corrected chi connectivity index (χ0v) is 13.8. The molecule has 2 aliphatic carbocycles.